The van der Waals surface area contributed by atoms with Gasteiger partial charge >= 0.3 is 0 Å². The van der Waals surface area contributed by atoms with Gasteiger partial charge in [-0.05, 0) is 25.8 Å². The molecule has 0 radical (unpaired) electrons. The van der Waals surface area contributed by atoms with Gasteiger partial charge in [-0.25, -0.2) is 9.97 Å². The van der Waals surface area contributed by atoms with Crippen LogP contribution in [0.25, 0.3) is 16.7 Å². The molecule has 0 N–H and O–H groups in total. The summed E-state index contributed by atoms with van der Waals surface area (Å²) >= 11 is 6.44. The largest absolute Gasteiger partial charge is 0.481 e. The van der Waals surface area contributed by atoms with Crippen LogP contribution in [-0.4, -0.2) is 26.5 Å². The van der Waals surface area contributed by atoms with Gasteiger partial charge in [0.15, 0.2) is 10.8 Å². The molecule has 3 aromatic rings. The van der Waals surface area contributed by atoms with Crippen LogP contribution >= 0.6 is 11.6 Å². The van der Waals surface area contributed by atoms with E-state index in [0.29, 0.717) is 17.0 Å². The molecule has 0 bridgehead atoms. The lowest BCUT2D eigenvalue weighted by molar-refractivity contribution is 0.399. The van der Waals surface area contributed by atoms with E-state index in [1.165, 1.54) is 32.1 Å². The Morgan fingerprint density at radius 3 is 2.65 bits per heavy atom. The minimum atomic E-state index is 0.458. The molecule has 6 heteroatoms. The average molecular weight is 331 g/mol. The molecule has 23 heavy (non-hydrogen) atoms. The molecule has 3 heterocycles. The van der Waals surface area contributed by atoms with Crippen LogP contribution in [0.3, 0.4) is 0 Å². The molecule has 0 amide bonds. The van der Waals surface area contributed by atoms with E-state index in [9.17, 15) is 0 Å². The van der Waals surface area contributed by atoms with Gasteiger partial charge < -0.3 is 4.74 Å². The highest BCUT2D eigenvalue weighted by molar-refractivity contribution is 6.33. The number of pyridine rings is 1. The number of aryl methyl sites for hydroxylation is 1. The predicted octanol–water partition coefficient (Wildman–Crippen LogP) is 4.30. The fraction of sp³-hybridized carbons (Fsp3) is 0.471. The number of aromatic nitrogens is 4. The lowest BCUT2D eigenvalue weighted by Gasteiger charge is -2.20. The van der Waals surface area contributed by atoms with Gasteiger partial charge in [-0.1, -0.05) is 30.9 Å². The first kappa shape index (κ1) is 14.7. The van der Waals surface area contributed by atoms with E-state index in [4.69, 9.17) is 21.3 Å². The lowest BCUT2D eigenvalue weighted by Crippen LogP contribution is -2.10. The molecule has 3 aromatic heterocycles. The van der Waals surface area contributed by atoms with E-state index in [1.807, 2.05) is 19.1 Å². The van der Waals surface area contributed by atoms with Gasteiger partial charge in [0.05, 0.1) is 12.8 Å². The van der Waals surface area contributed by atoms with Crippen molar-refractivity contribution < 1.29 is 4.74 Å². The Balaban J connectivity index is 2.06. The quantitative estimate of drug-likeness (QED) is 0.703. The second-order valence-corrected chi connectivity index (χ2v) is 6.53. The van der Waals surface area contributed by atoms with Crippen molar-refractivity contribution in [2.24, 2.45) is 0 Å². The number of rotatable bonds is 2. The molecule has 120 valence electrons. The van der Waals surface area contributed by atoms with Crippen LogP contribution in [0.5, 0.6) is 5.88 Å². The SMILES string of the molecule is COc1ccc2nc(Cl)c3c(C)nc(C4CCCCC4)n3c2n1. The summed E-state index contributed by atoms with van der Waals surface area (Å²) in [6.45, 7) is 1.99. The molecule has 1 saturated carbocycles. The zero-order valence-corrected chi connectivity index (χ0v) is 14.1. The van der Waals surface area contributed by atoms with Gasteiger partial charge in [0.1, 0.15) is 16.9 Å². The predicted molar refractivity (Wildman–Crippen MR) is 90.4 cm³/mol. The van der Waals surface area contributed by atoms with Gasteiger partial charge in [-0.2, -0.15) is 4.98 Å². The zero-order valence-electron chi connectivity index (χ0n) is 13.3. The number of nitrogens with zero attached hydrogens (tertiary/aromatic N) is 4. The van der Waals surface area contributed by atoms with Crippen molar-refractivity contribution in [2.75, 3.05) is 7.11 Å². The summed E-state index contributed by atoms with van der Waals surface area (Å²) < 4.78 is 7.38. The molecule has 4 rings (SSSR count). The average Bonchev–Trinajstić information content (AvgIpc) is 2.94. The zero-order chi connectivity index (χ0) is 16.0. The van der Waals surface area contributed by atoms with Crippen molar-refractivity contribution in [1.29, 1.82) is 0 Å². The molecular formula is C17H19ClN4O. The maximum Gasteiger partial charge on any atom is 0.215 e. The van der Waals surface area contributed by atoms with Crippen LogP contribution in [-0.2, 0) is 0 Å². The molecule has 0 unspecified atom stereocenters. The molecular weight excluding hydrogens is 312 g/mol. The molecule has 0 aliphatic heterocycles. The number of ether oxygens (including phenoxy) is 1. The maximum absolute atomic E-state index is 6.44. The van der Waals surface area contributed by atoms with Gasteiger partial charge in [0.25, 0.3) is 0 Å². The molecule has 1 fully saturated rings. The monoisotopic (exact) mass is 330 g/mol. The van der Waals surface area contributed by atoms with Gasteiger partial charge in [0, 0.05) is 12.0 Å². The molecule has 0 spiro atoms. The van der Waals surface area contributed by atoms with E-state index in [0.717, 1.165) is 28.2 Å². The third kappa shape index (κ3) is 2.34. The number of halogens is 1. The summed E-state index contributed by atoms with van der Waals surface area (Å²) in [6.07, 6.45) is 6.17. The third-order valence-corrected chi connectivity index (χ3v) is 4.98. The second-order valence-electron chi connectivity index (χ2n) is 6.17. The van der Waals surface area contributed by atoms with E-state index >= 15 is 0 Å². The van der Waals surface area contributed by atoms with Gasteiger partial charge in [0.2, 0.25) is 5.88 Å². The Labute approximate surface area is 139 Å². The van der Waals surface area contributed by atoms with Crippen molar-refractivity contribution in [3.05, 3.63) is 28.8 Å². The summed E-state index contributed by atoms with van der Waals surface area (Å²) in [6, 6.07) is 3.70. The van der Waals surface area contributed by atoms with Crippen molar-refractivity contribution >= 4 is 28.3 Å². The first-order valence-electron chi connectivity index (χ1n) is 8.08. The Hall–Kier alpha value is -1.88. The molecule has 0 saturated heterocycles. The summed E-state index contributed by atoms with van der Waals surface area (Å²) in [5, 5.41) is 0.483. The highest BCUT2D eigenvalue weighted by atomic mass is 35.5. The Morgan fingerprint density at radius 2 is 1.91 bits per heavy atom. The number of fused-ring (bicyclic) bond motifs is 3. The molecule has 1 aliphatic rings. The van der Waals surface area contributed by atoms with Crippen LogP contribution in [0, 0.1) is 6.92 Å². The van der Waals surface area contributed by atoms with E-state index in [1.54, 1.807) is 7.11 Å². The molecule has 1 aliphatic carbocycles. The van der Waals surface area contributed by atoms with Crippen LogP contribution in [0.15, 0.2) is 12.1 Å². The Bertz CT molecular complexity index is 883. The Kier molecular flexibility index (Phi) is 3.60. The van der Waals surface area contributed by atoms with Crippen molar-refractivity contribution in [3.63, 3.8) is 0 Å². The van der Waals surface area contributed by atoms with Crippen molar-refractivity contribution in [1.82, 2.24) is 19.4 Å². The Morgan fingerprint density at radius 1 is 1.13 bits per heavy atom. The molecule has 0 aromatic carbocycles. The summed E-state index contributed by atoms with van der Waals surface area (Å²) in [7, 11) is 1.62. The highest BCUT2D eigenvalue weighted by Gasteiger charge is 2.24. The first-order valence-corrected chi connectivity index (χ1v) is 8.46. The van der Waals surface area contributed by atoms with E-state index in [-0.39, 0.29) is 0 Å². The summed E-state index contributed by atoms with van der Waals surface area (Å²) in [5.41, 5.74) is 3.30. The van der Waals surface area contributed by atoms with Crippen LogP contribution in [0.2, 0.25) is 5.15 Å². The van der Waals surface area contributed by atoms with Gasteiger partial charge in [-0.3, -0.25) is 4.40 Å². The second kappa shape index (κ2) is 5.64. The highest BCUT2D eigenvalue weighted by Crippen LogP contribution is 2.35. The third-order valence-electron chi connectivity index (χ3n) is 4.71. The number of methoxy groups -OCH3 is 1. The lowest BCUT2D eigenvalue weighted by atomic mass is 9.89. The summed E-state index contributed by atoms with van der Waals surface area (Å²) in [4.78, 5) is 13.9. The van der Waals surface area contributed by atoms with Crippen molar-refractivity contribution in [2.45, 2.75) is 44.9 Å². The van der Waals surface area contributed by atoms with E-state index in [2.05, 4.69) is 14.4 Å². The minimum Gasteiger partial charge on any atom is -0.481 e. The topological polar surface area (TPSA) is 52.3 Å². The first-order chi connectivity index (χ1) is 11.2. The fourth-order valence-corrected chi connectivity index (χ4v) is 3.90. The standard InChI is InChI=1S/C17H19ClN4O/c1-10-14-15(18)20-12-8-9-13(23-2)21-17(12)22(14)16(19-10)11-6-4-3-5-7-11/h8-9,11H,3-7H2,1-2H3. The van der Waals surface area contributed by atoms with Crippen LogP contribution in [0.4, 0.5) is 0 Å². The fourth-order valence-electron chi connectivity index (χ4n) is 3.59. The molecule has 0 atom stereocenters. The smallest absolute Gasteiger partial charge is 0.215 e. The van der Waals surface area contributed by atoms with E-state index < -0.39 is 0 Å². The normalized spacial score (nSPS) is 16.3. The number of hydrogen-bond donors (Lipinski definition) is 0. The van der Waals surface area contributed by atoms with Crippen LogP contribution < -0.4 is 4.74 Å². The molecule has 5 nitrogen and oxygen atoms in total. The van der Waals surface area contributed by atoms with Crippen LogP contribution in [0.1, 0.15) is 49.5 Å². The number of imidazole rings is 1. The number of hydrogen-bond acceptors (Lipinski definition) is 4. The van der Waals surface area contributed by atoms with Gasteiger partial charge in [-0.15, -0.1) is 0 Å². The van der Waals surface area contributed by atoms with Crippen molar-refractivity contribution in [3.8, 4) is 5.88 Å². The minimum absolute atomic E-state index is 0.458. The summed E-state index contributed by atoms with van der Waals surface area (Å²) in [5.74, 6) is 2.09. The maximum atomic E-state index is 6.44.